The van der Waals surface area contributed by atoms with Gasteiger partial charge in [-0.2, -0.15) is 0 Å². The lowest BCUT2D eigenvalue weighted by Gasteiger charge is -2.16. The molecule has 0 atom stereocenters. The van der Waals surface area contributed by atoms with Crippen molar-refractivity contribution >= 4 is 17.6 Å². The highest BCUT2D eigenvalue weighted by Crippen LogP contribution is 2.35. The summed E-state index contributed by atoms with van der Waals surface area (Å²) >= 11 is 6.03. The molecule has 0 aliphatic rings. The molecule has 22 heavy (non-hydrogen) atoms. The standard InChI is InChI=1S/C16H13ClF2O3/c1-8-13(17)6-9(2-3-20)15(14(8)16(21)22)10-4-11(18)7-12(19)5-10/h4-7,20H,2-3H2,1H3,(H,21,22). The Morgan fingerprint density at radius 2 is 1.77 bits per heavy atom. The first-order valence-corrected chi connectivity index (χ1v) is 6.85. The minimum absolute atomic E-state index is 0.0955. The number of carboxylic acid groups (broad SMARTS) is 1. The summed E-state index contributed by atoms with van der Waals surface area (Å²) in [5, 5.41) is 18.8. The van der Waals surface area contributed by atoms with Crippen molar-refractivity contribution in [3.8, 4) is 11.1 Å². The van der Waals surface area contributed by atoms with Crippen LogP contribution in [0.25, 0.3) is 11.1 Å². The Labute approximate surface area is 130 Å². The zero-order valence-electron chi connectivity index (χ0n) is 11.7. The Morgan fingerprint density at radius 3 is 2.27 bits per heavy atom. The zero-order valence-corrected chi connectivity index (χ0v) is 12.4. The largest absolute Gasteiger partial charge is 0.478 e. The fourth-order valence-corrected chi connectivity index (χ4v) is 2.64. The third-order valence-corrected chi connectivity index (χ3v) is 3.74. The first-order chi connectivity index (χ1) is 10.3. The Bertz CT molecular complexity index is 724. The fourth-order valence-electron chi connectivity index (χ4n) is 2.41. The number of carboxylic acids is 1. The summed E-state index contributed by atoms with van der Waals surface area (Å²) in [5.74, 6) is -2.87. The molecule has 2 N–H and O–H groups in total. The number of aliphatic hydroxyl groups is 1. The molecule has 0 saturated carbocycles. The summed E-state index contributed by atoms with van der Waals surface area (Å²) in [6.45, 7) is 1.27. The predicted molar refractivity (Wildman–Crippen MR) is 79.3 cm³/mol. The summed E-state index contributed by atoms with van der Waals surface area (Å²) in [6, 6.07) is 4.33. The molecule has 6 heteroatoms. The van der Waals surface area contributed by atoms with Crippen LogP contribution in [0.1, 0.15) is 21.5 Å². The van der Waals surface area contributed by atoms with Crippen LogP contribution < -0.4 is 0 Å². The van der Waals surface area contributed by atoms with Crippen molar-refractivity contribution in [3.05, 3.63) is 57.6 Å². The summed E-state index contributed by atoms with van der Waals surface area (Å²) in [6.07, 6.45) is 0.119. The zero-order chi connectivity index (χ0) is 16.4. The summed E-state index contributed by atoms with van der Waals surface area (Å²) in [5.41, 5.74) is 0.858. The van der Waals surface area contributed by atoms with Crippen LogP contribution in [0.2, 0.25) is 5.02 Å². The average molecular weight is 327 g/mol. The van der Waals surface area contributed by atoms with E-state index in [1.807, 2.05) is 0 Å². The van der Waals surface area contributed by atoms with E-state index in [9.17, 15) is 18.7 Å². The van der Waals surface area contributed by atoms with Crippen LogP contribution >= 0.6 is 11.6 Å². The lowest BCUT2D eigenvalue weighted by Crippen LogP contribution is -2.08. The first kappa shape index (κ1) is 16.4. The van der Waals surface area contributed by atoms with Gasteiger partial charge in [0.2, 0.25) is 0 Å². The number of benzene rings is 2. The van der Waals surface area contributed by atoms with Gasteiger partial charge >= 0.3 is 5.97 Å². The summed E-state index contributed by atoms with van der Waals surface area (Å²) in [4.78, 5) is 11.6. The van der Waals surface area contributed by atoms with Gasteiger partial charge in [-0.25, -0.2) is 13.6 Å². The van der Waals surface area contributed by atoms with Crippen LogP contribution in [0, 0.1) is 18.6 Å². The normalized spacial score (nSPS) is 10.8. The van der Waals surface area contributed by atoms with E-state index >= 15 is 0 Å². The second kappa shape index (κ2) is 6.42. The van der Waals surface area contributed by atoms with Gasteiger partial charge in [-0.3, -0.25) is 0 Å². The van der Waals surface area contributed by atoms with Crippen LogP contribution in [0.4, 0.5) is 8.78 Å². The molecular weight excluding hydrogens is 314 g/mol. The minimum Gasteiger partial charge on any atom is -0.478 e. The van der Waals surface area contributed by atoms with Gasteiger partial charge in [0, 0.05) is 23.3 Å². The van der Waals surface area contributed by atoms with Gasteiger partial charge in [-0.1, -0.05) is 11.6 Å². The number of aromatic carboxylic acids is 1. The maximum atomic E-state index is 13.5. The number of hydrogen-bond donors (Lipinski definition) is 2. The summed E-state index contributed by atoms with van der Waals surface area (Å²) < 4.78 is 27.0. The van der Waals surface area contributed by atoms with Gasteiger partial charge in [0.25, 0.3) is 0 Å². The molecule has 2 aromatic carbocycles. The molecule has 3 nitrogen and oxygen atoms in total. The van der Waals surface area contributed by atoms with Gasteiger partial charge in [0.05, 0.1) is 5.56 Å². The van der Waals surface area contributed by atoms with Crippen LogP contribution in [0.3, 0.4) is 0 Å². The van der Waals surface area contributed by atoms with Crippen molar-refractivity contribution in [2.24, 2.45) is 0 Å². The molecule has 0 amide bonds. The highest BCUT2D eigenvalue weighted by molar-refractivity contribution is 6.32. The number of halogens is 3. The van der Waals surface area contributed by atoms with Crippen molar-refractivity contribution < 1.29 is 23.8 Å². The molecule has 0 aliphatic carbocycles. The van der Waals surface area contributed by atoms with Crippen LogP contribution in [0.15, 0.2) is 24.3 Å². The molecule has 0 bridgehead atoms. The SMILES string of the molecule is Cc1c(Cl)cc(CCO)c(-c2cc(F)cc(F)c2)c1C(=O)O. The fraction of sp³-hybridized carbons (Fsp3) is 0.188. The average Bonchev–Trinajstić information content (AvgIpc) is 2.41. The lowest BCUT2D eigenvalue weighted by atomic mass is 9.89. The molecule has 0 spiro atoms. The Balaban J connectivity index is 2.86. The van der Waals surface area contributed by atoms with Gasteiger partial charge in [-0.05, 0) is 48.2 Å². The topological polar surface area (TPSA) is 57.5 Å². The Kier molecular flexibility index (Phi) is 4.78. The van der Waals surface area contributed by atoms with Crippen LogP contribution in [0.5, 0.6) is 0 Å². The third-order valence-electron chi connectivity index (χ3n) is 3.35. The second-order valence-electron chi connectivity index (χ2n) is 4.83. The molecule has 0 aromatic heterocycles. The Morgan fingerprint density at radius 1 is 1.18 bits per heavy atom. The minimum atomic E-state index is -1.25. The van der Waals surface area contributed by atoms with Crippen molar-refractivity contribution in [1.29, 1.82) is 0 Å². The smallest absolute Gasteiger partial charge is 0.336 e. The molecule has 0 radical (unpaired) electrons. The molecule has 2 aromatic rings. The highest BCUT2D eigenvalue weighted by atomic mass is 35.5. The van der Waals surface area contributed by atoms with Gasteiger partial charge in [-0.15, -0.1) is 0 Å². The van der Waals surface area contributed by atoms with E-state index in [4.69, 9.17) is 16.7 Å². The van der Waals surface area contributed by atoms with E-state index in [0.29, 0.717) is 17.2 Å². The van der Waals surface area contributed by atoms with Crippen molar-refractivity contribution in [2.75, 3.05) is 6.61 Å². The van der Waals surface area contributed by atoms with Gasteiger partial charge in [0.15, 0.2) is 0 Å². The van der Waals surface area contributed by atoms with Crippen molar-refractivity contribution in [3.63, 3.8) is 0 Å². The molecule has 0 fully saturated rings. The molecule has 0 saturated heterocycles. The molecule has 0 aliphatic heterocycles. The maximum absolute atomic E-state index is 13.5. The number of rotatable bonds is 4. The number of carbonyl (C=O) groups is 1. The van der Waals surface area contributed by atoms with Crippen molar-refractivity contribution in [2.45, 2.75) is 13.3 Å². The van der Waals surface area contributed by atoms with E-state index in [1.54, 1.807) is 0 Å². The van der Waals surface area contributed by atoms with E-state index in [0.717, 1.165) is 12.1 Å². The Hall–Kier alpha value is -1.98. The second-order valence-corrected chi connectivity index (χ2v) is 5.24. The highest BCUT2D eigenvalue weighted by Gasteiger charge is 2.22. The lowest BCUT2D eigenvalue weighted by molar-refractivity contribution is 0.0696. The molecule has 116 valence electrons. The van der Waals surface area contributed by atoms with Gasteiger partial charge < -0.3 is 10.2 Å². The number of aliphatic hydroxyl groups excluding tert-OH is 1. The first-order valence-electron chi connectivity index (χ1n) is 6.47. The van der Waals surface area contributed by atoms with E-state index < -0.39 is 17.6 Å². The quantitative estimate of drug-likeness (QED) is 0.898. The van der Waals surface area contributed by atoms with E-state index in [1.165, 1.54) is 13.0 Å². The maximum Gasteiger partial charge on any atom is 0.336 e. The van der Waals surface area contributed by atoms with E-state index in [2.05, 4.69) is 0 Å². The molecule has 0 unspecified atom stereocenters. The predicted octanol–water partition coefficient (Wildman–Crippen LogP) is 3.83. The summed E-state index contributed by atoms with van der Waals surface area (Å²) in [7, 11) is 0. The van der Waals surface area contributed by atoms with Crippen LogP contribution in [-0.4, -0.2) is 22.8 Å². The van der Waals surface area contributed by atoms with E-state index in [-0.39, 0.29) is 34.7 Å². The third kappa shape index (κ3) is 3.10. The monoisotopic (exact) mass is 326 g/mol. The van der Waals surface area contributed by atoms with Crippen molar-refractivity contribution in [1.82, 2.24) is 0 Å². The molecular formula is C16H13ClF2O3. The number of hydrogen-bond acceptors (Lipinski definition) is 2. The van der Waals surface area contributed by atoms with Crippen LogP contribution in [-0.2, 0) is 6.42 Å². The van der Waals surface area contributed by atoms with Gasteiger partial charge in [0.1, 0.15) is 11.6 Å². The molecule has 2 rings (SSSR count). The molecule has 0 heterocycles.